The number of rotatable bonds is 9. The Hall–Kier alpha value is -1.37. The Morgan fingerprint density at radius 2 is 1.83 bits per heavy atom. The molecule has 2 rings (SSSR count). The first-order valence-corrected chi connectivity index (χ1v) is 10.3. The Morgan fingerprint density at radius 1 is 1.08 bits per heavy atom. The predicted molar refractivity (Wildman–Crippen MR) is 99.6 cm³/mol. The lowest BCUT2D eigenvalue weighted by molar-refractivity contribution is 0.303. The molecule has 0 aromatic heterocycles. The zero-order valence-corrected chi connectivity index (χ0v) is 16.1. The number of ether oxygens (including phenoxy) is 1. The van der Waals surface area contributed by atoms with Gasteiger partial charge in [-0.25, -0.2) is 13.1 Å². The van der Waals surface area contributed by atoms with Gasteiger partial charge in [-0.2, -0.15) is 0 Å². The van der Waals surface area contributed by atoms with Crippen LogP contribution in [0.15, 0.2) is 57.9 Å². The number of unbranched alkanes of at least 4 members (excludes halogenated alkanes) is 2. The molecule has 0 bridgehead atoms. The predicted octanol–water partition coefficient (Wildman–Crippen LogP) is 4.50. The van der Waals surface area contributed by atoms with E-state index in [0.29, 0.717) is 12.4 Å². The van der Waals surface area contributed by atoms with E-state index in [1.807, 2.05) is 30.3 Å². The summed E-state index contributed by atoms with van der Waals surface area (Å²) in [6.45, 7) is 2.96. The highest BCUT2D eigenvalue weighted by molar-refractivity contribution is 9.10. The minimum atomic E-state index is -3.58. The molecule has 0 aliphatic heterocycles. The van der Waals surface area contributed by atoms with Crippen molar-refractivity contribution in [3.8, 4) is 5.75 Å². The van der Waals surface area contributed by atoms with Crippen molar-refractivity contribution in [2.24, 2.45) is 0 Å². The average Bonchev–Trinajstić information content (AvgIpc) is 2.59. The summed E-state index contributed by atoms with van der Waals surface area (Å²) < 4.78 is 34.0. The lowest BCUT2D eigenvalue weighted by Gasteiger charge is -2.11. The molecule has 0 saturated carbocycles. The maximum Gasteiger partial charge on any atom is 0.241 e. The Labute approximate surface area is 152 Å². The Morgan fingerprint density at radius 3 is 2.54 bits per heavy atom. The summed E-state index contributed by atoms with van der Waals surface area (Å²) >= 11 is 3.40. The molecule has 0 aliphatic carbocycles. The molecule has 4 nitrogen and oxygen atoms in total. The summed E-state index contributed by atoms with van der Waals surface area (Å²) in [6.07, 6.45) is 3.16. The Bertz CT molecular complexity index is 748. The summed E-state index contributed by atoms with van der Waals surface area (Å²) in [7, 11) is -3.58. The van der Waals surface area contributed by atoms with E-state index in [2.05, 4.69) is 27.6 Å². The van der Waals surface area contributed by atoms with E-state index in [0.717, 1.165) is 29.3 Å². The lowest BCUT2D eigenvalue weighted by Crippen LogP contribution is -2.23. The van der Waals surface area contributed by atoms with Gasteiger partial charge in [0.25, 0.3) is 0 Å². The van der Waals surface area contributed by atoms with Gasteiger partial charge >= 0.3 is 0 Å². The van der Waals surface area contributed by atoms with Crippen molar-refractivity contribution in [1.29, 1.82) is 0 Å². The first kappa shape index (κ1) is 19.0. The van der Waals surface area contributed by atoms with E-state index in [9.17, 15) is 8.42 Å². The molecule has 24 heavy (non-hydrogen) atoms. The highest BCUT2D eigenvalue weighted by atomic mass is 79.9. The van der Waals surface area contributed by atoms with Crippen molar-refractivity contribution in [3.05, 3.63) is 58.6 Å². The summed E-state index contributed by atoms with van der Waals surface area (Å²) in [6, 6.07) is 14.2. The fourth-order valence-corrected chi connectivity index (χ4v) is 3.55. The topological polar surface area (TPSA) is 55.4 Å². The summed E-state index contributed by atoms with van der Waals surface area (Å²) in [5, 5.41) is 0. The first-order chi connectivity index (χ1) is 11.5. The Kier molecular flexibility index (Phi) is 7.27. The number of hydrogen-bond donors (Lipinski definition) is 1. The highest BCUT2D eigenvalue weighted by Crippen LogP contribution is 2.28. The van der Waals surface area contributed by atoms with Crippen LogP contribution in [0.25, 0.3) is 0 Å². The van der Waals surface area contributed by atoms with Gasteiger partial charge in [-0.1, -0.05) is 50.1 Å². The molecule has 0 spiro atoms. The molecule has 0 radical (unpaired) electrons. The van der Waals surface area contributed by atoms with Crippen LogP contribution in [-0.2, 0) is 16.6 Å². The highest BCUT2D eigenvalue weighted by Gasteiger charge is 2.16. The maximum atomic E-state index is 12.5. The van der Waals surface area contributed by atoms with Gasteiger partial charge < -0.3 is 4.74 Å². The minimum Gasteiger partial charge on any atom is -0.492 e. The van der Waals surface area contributed by atoms with Crippen LogP contribution in [0.3, 0.4) is 0 Å². The van der Waals surface area contributed by atoms with E-state index in [-0.39, 0.29) is 11.4 Å². The second-order valence-electron chi connectivity index (χ2n) is 5.46. The first-order valence-electron chi connectivity index (χ1n) is 7.99. The van der Waals surface area contributed by atoms with Crippen LogP contribution in [-0.4, -0.2) is 15.0 Å². The third-order valence-electron chi connectivity index (χ3n) is 3.53. The second-order valence-corrected chi connectivity index (χ2v) is 8.08. The number of halogens is 1. The average molecular weight is 412 g/mol. The summed E-state index contributed by atoms with van der Waals surface area (Å²) in [5.74, 6) is 0.550. The molecule has 1 N–H and O–H groups in total. The fourth-order valence-electron chi connectivity index (χ4n) is 2.15. The van der Waals surface area contributed by atoms with Crippen LogP contribution in [0.4, 0.5) is 0 Å². The molecule has 2 aromatic carbocycles. The molecule has 130 valence electrons. The molecule has 0 unspecified atom stereocenters. The summed E-state index contributed by atoms with van der Waals surface area (Å²) in [4.78, 5) is 0.201. The smallest absolute Gasteiger partial charge is 0.241 e. The molecular formula is C18H22BrNO3S. The normalized spacial score (nSPS) is 11.4. The van der Waals surface area contributed by atoms with Crippen LogP contribution in [0.2, 0.25) is 0 Å². The molecule has 0 atom stereocenters. The largest absolute Gasteiger partial charge is 0.492 e. The van der Waals surface area contributed by atoms with Crippen molar-refractivity contribution in [1.82, 2.24) is 4.72 Å². The SMILES string of the molecule is CCCCCOc1cc(S(=O)(=O)NCc2ccccc2)ccc1Br. The van der Waals surface area contributed by atoms with Gasteiger partial charge in [-0.05, 0) is 40.0 Å². The molecule has 0 heterocycles. The van der Waals surface area contributed by atoms with Crippen molar-refractivity contribution in [2.45, 2.75) is 37.6 Å². The number of sulfonamides is 1. The third kappa shape index (κ3) is 5.61. The standard InChI is InChI=1S/C18H22BrNO3S/c1-2-3-7-12-23-18-13-16(10-11-17(18)19)24(21,22)20-14-15-8-5-4-6-9-15/h4-6,8-11,13,20H,2-3,7,12,14H2,1H3. The number of hydrogen-bond acceptors (Lipinski definition) is 3. The molecule has 6 heteroatoms. The van der Waals surface area contributed by atoms with Crippen molar-refractivity contribution in [3.63, 3.8) is 0 Å². The van der Waals surface area contributed by atoms with Crippen LogP contribution in [0, 0.1) is 0 Å². The van der Waals surface area contributed by atoms with E-state index in [4.69, 9.17) is 4.74 Å². The van der Waals surface area contributed by atoms with Gasteiger partial charge in [0.1, 0.15) is 5.75 Å². The van der Waals surface area contributed by atoms with Crippen molar-refractivity contribution in [2.75, 3.05) is 6.61 Å². The van der Waals surface area contributed by atoms with Crippen LogP contribution in [0.1, 0.15) is 31.7 Å². The van der Waals surface area contributed by atoms with Gasteiger partial charge in [-0.3, -0.25) is 0 Å². The van der Waals surface area contributed by atoms with Gasteiger partial charge in [0.2, 0.25) is 10.0 Å². The molecule has 0 saturated heterocycles. The van der Waals surface area contributed by atoms with Crippen LogP contribution < -0.4 is 9.46 Å². The molecule has 0 amide bonds. The van der Waals surface area contributed by atoms with Crippen LogP contribution in [0.5, 0.6) is 5.75 Å². The minimum absolute atomic E-state index is 0.201. The van der Waals surface area contributed by atoms with E-state index >= 15 is 0 Å². The van der Waals surface area contributed by atoms with Gasteiger partial charge in [-0.15, -0.1) is 0 Å². The zero-order valence-electron chi connectivity index (χ0n) is 13.7. The molecular weight excluding hydrogens is 390 g/mol. The quantitative estimate of drug-likeness (QED) is 0.618. The van der Waals surface area contributed by atoms with E-state index in [1.54, 1.807) is 18.2 Å². The van der Waals surface area contributed by atoms with E-state index in [1.165, 1.54) is 0 Å². The van der Waals surface area contributed by atoms with E-state index < -0.39 is 10.0 Å². The molecule has 0 fully saturated rings. The third-order valence-corrected chi connectivity index (χ3v) is 5.58. The second kappa shape index (κ2) is 9.20. The van der Waals surface area contributed by atoms with Gasteiger partial charge in [0.15, 0.2) is 0 Å². The molecule has 0 aliphatic rings. The van der Waals surface area contributed by atoms with Gasteiger partial charge in [0.05, 0.1) is 16.0 Å². The lowest BCUT2D eigenvalue weighted by atomic mass is 10.2. The maximum absolute atomic E-state index is 12.5. The number of benzene rings is 2. The summed E-state index contributed by atoms with van der Waals surface area (Å²) in [5.41, 5.74) is 0.911. The Balaban J connectivity index is 2.06. The monoisotopic (exact) mass is 411 g/mol. The van der Waals surface area contributed by atoms with Crippen molar-refractivity contribution < 1.29 is 13.2 Å². The fraction of sp³-hybridized carbons (Fsp3) is 0.333. The van der Waals surface area contributed by atoms with Crippen LogP contribution >= 0.6 is 15.9 Å². The number of nitrogens with one attached hydrogen (secondary N) is 1. The molecule has 2 aromatic rings. The zero-order chi connectivity index (χ0) is 17.4. The van der Waals surface area contributed by atoms with Crippen molar-refractivity contribution >= 4 is 26.0 Å². The van der Waals surface area contributed by atoms with Gasteiger partial charge in [0, 0.05) is 12.6 Å².